The summed E-state index contributed by atoms with van der Waals surface area (Å²) in [7, 11) is 1.60. The number of methoxy groups -OCH3 is 1. The van der Waals surface area contributed by atoms with Crippen molar-refractivity contribution in [2.45, 2.75) is 52.1 Å². The van der Waals surface area contributed by atoms with E-state index in [0.29, 0.717) is 28.9 Å². The second-order valence-electron chi connectivity index (χ2n) is 7.50. The van der Waals surface area contributed by atoms with E-state index in [9.17, 15) is 9.59 Å². The van der Waals surface area contributed by atoms with Gasteiger partial charge in [-0.2, -0.15) is 0 Å². The first-order chi connectivity index (χ1) is 13.4. The average molecular weight is 515 g/mol. The molecule has 1 aliphatic heterocycles. The van der Waals surface area contributed by atoms with Crippen LogP contribution in [0.2, 0.25) is 0 Å². The fourth-order valence-electron chi connectivity index (χ4n) is 3.61. The van der Waals surface area contributed by atoms with Crippen molar-refractivity contribution < 1.29 is 19.1 Å². The fourth-order valence-corrected chi connectivity index (χ4v) is 5.21. The number of amides is 2. The largest absolute Gasteiger partial charge is 0.493 e. The van der Waals surface area contributed by atoms with Gasteiger partial charge in [0.1, 0.15) is 0 Å². The second-order valence-corrected chi connectivity index (χ2v) is 9.65. The molecule has 0 N–H and O–H groups in total. The Hall–Kier alpha value is -1.22. The van der Waals surface area contributed by atoms with Gasteiger partial charge in [0, 0.05) is 6.54 Å². The summed E-state index contributed by atoms with van der Waals surface area (Å²) in [5, 5.41) is -0.164. The number of rotatable bonds is 6. The fraction of sp³-hybridized carbons (Fsp3) is 0.524. The Bertz CT molecular complexity index is 787. The molecule has 3 rings (SSSR count). The molecule has 0 radical (unpaired) electrons. The maximum absolute atomic E-state index is 12.8. The number of hydrogen-bond donors (Lipinski definition) is 0. The van der Waals surface area contributed by atoms with Gasteiger partial charge in [0.15, 0.2) is 11.5 Å². The number of carbonyl (C=O) groups is 2. The lowest BCUT2D eigenvalue weighted by Crippen LogP contribution is -2.34. The third-order valence-corrected chi connectivity index (χ3v) is 6.65. The molecule has 0 atom stereocenters. The molecule has 1 saturated heterocycles. The zero-order valence-corrected chi connectivity index (χ0v) is 19.5. The first kappa shape index (κ1) is 21.5. The van der Waals surface area contributed by atoms with Gasteiger partial charge in [0.25, 0.3) is 11.1 Å². The Morgan fingerprint density at radius 3 is 2.61 bits per heavy atom. The van der Waals surface area contributed by atoms with Crippen LogP contribution in [0.1, 0.15) is 51.5 Å². The highest BCUT2D eigenvalue weighted by molar-refractivity contribution is 14.1. The zero-order valence-electron chi connectivity index (χ0n) is 16.5. The normalized spacial score (nSPS) is 19.8. The van der Waals surface area contributed by atoms with Gasteiger partial charge in [-0.15, -0.1) is 0 Å². The molecule has 5 nitrogen and oxygen atoms in total. The van der Waals surface area contributed by atoms with Crippen LogP contribution >= 0.6 is 34.4 Å². The minimum absolute atomic E-state index is 0.0320. The molecule has 7 heteroatoms. The molecule has 0 spiro atoms. The van der Waals surface area contributed by atoms with Crippen LogP contribution in [0.5, 0.6) is 11.5 Å². The van der Waals surface area contributed by atoms with Crippen LogP contribution < -0.4 is 9.47 Å². The number of benzene rings is 1. The van der Waals surface area contributed by atoms with Gasteiger partial charge < -0.3 is 9.47 Å². The number of nitrogens with zero attached hydrogens (tertiary/aromatic N) is 1. The summed E-state index contributed by atoms with van der Waals surface area (Å²) in [5.41, 5.74) is 0.820. The molecule has 2 amide bonds. The van der Waals surface area contributed by atoms with Gasteiger partial charge in [0.2, 0.25) is 0 Å². The van der Waals surface area contributed by atoms with Gasteiger partial charge in [-0.3, -0.25) is 14.5 Å². The van der Waals surface area contributed by atoms with E-state index in [1.807, 2.05) is 26.0 Å². The van der Waals surface area contributed by atoms with Gasteiger partial charge in [0.05, 0.1) is 21.7 Å². The zero-order chi connectivity index (χ0) is 20.3. The van der Waals surface area contributed by atoms with E-state index in [4.69, 9.17) is 9.47 Å². The molecule has 1 heterocycles. The third kappa shape index (κ3) is 5.03. The number of imide groups is 1. The van der Waals surface area contributed by atoms with Gasteiger partial charge in [-0.25, -0.2) is 0 Å². The number of thioether (sulfide) groups is 1. The molecule has 1 aromatic carbocycles. The summed E-state index contributed by atoms with van der Waals surface area (Å²) in [6.07, 6.45) is 7.66. The minimum atomic E-state index is -0.183. The highest BCUT2D eigenvalue weighted by Gasteiger charge is 2.36. The summed E-state index contributed by atoms with van der Waals surface area (Å²) in [4.78, 5) is 27.1. The van der Waals surface area contributed by atoms with Crippen LogP contribution in [0.15, 0.2) is 17.0 Å². The van der Waals surface area contributed by atoms with E-state index >= 15 is 0 Å². The highest BCUT2D eigenvalue weighted by Crippen LogP contribution is 2.38. The van der Waals surface area contributed by atoms with Crippen molar-refractivity contribution in [2.24, 2.45) is 5.92 Å². The van der Waals surface area contributed by atoms with E-state index in [-0.39, 0.29) is 17.3 Å². The smallest absolute Gasteiger partial charge is 0.293 e. The maximum atomic E-state index is 12.8. The van der Waals surface area contributed by atoms with Crippen molar-refractivity contribution in [3.63, 3.8) is 0 Å². The molecule has 1 aliphatic carbocycles. The molecule has 0 bridgehead atoms. The van der Waals surface area contributed by atoms with Crippen LogP contribution in [0.4, 0.5) is 4.79 Å². The first-order valence-corrected chi connectivity index (χ1v) is 11.6. The molecule has 0 aromatic heterocycles. The van der Waals surface area contributed by atoms with Crippen molar-refractivity contribution in [2.75, 3.05) is 13.7 Å². The summed E-state index contributed by atoms with van der Waals surface area (Å²) >= 11 is 3.22. The molecule has 28 heavy (non-hydrogen) atoms. The quantitative estimate of drug-likeness (QED) is 0.359. The third-order valence-electron chi connectivity index (χ3n) is 4.94. The van der Waals surface area contributed by atoms with E-state index in [1.165, 1.54) is 24.2 Å². The van der Waals surface area contributed by atoms with Crippen molar-refractivity contribution in [1.29, 1.82) is 0 Å². The van der Waals surface area contributed by atoms with E-state index in [1.54, 1.807) is 13.2 Å². The van der Waals surface area contributed by atoms with Crippen LogP contribution in [0, 0.1) is 9.49 Å². The van der Waals surface area contributed by atoms with E-state index in [0.717, 1.165) is 33.7 Å². The number of carbonyl (C=O) groups excluding carboxylic acids is 2. The van der Waals surface area contributed by atoms with Crippen molar-refractivity contribution in [1.82, 2.24) is 4.90 Å². The van der Waals surface area contributed by atoms with Crippen LogP contribution in [-0.2, 0) is 4.79 Å². The Morgan fingerprint density at radius 1 is 1.25 bits per heavy atom. The number of halogens is 1. The summed E-state index contributed by atoms with van der Waals surface area (Å²) in [6.45, 7) is 4.47. The maximum Gasteiger partial charge on any atom is 0.293 e. The predicted molar refractivity (Wildman–Crippen MR) is 121 cm³/mol. The Labute approximate surface area is 184 Å². The standard InChI is InChI=1S/C21H26INO4S/c1-13(2)27-19-16(22)9-15(10-17(19)26-3)11-18-20(24)23(21(25)28-18)12-14-7-5-4-6-8-14/h9-11,13-14H,4-8,12H2,1-3H3/b18-11+. The summed E-state index contributed by atoms with van der Waals surface area (Å²) in [5.74, 6) is 1.57. The van der Waals surface area contributed by atoms with Gasteiger partial charge in [-0.1, -0.05) is 19.3 Å². The molecule has 2 fully saturated rings. The predicted octanol–water partition coefficient (Wildman–Crippen LogP) is 5.70. The minimum Gasteiger partial charge on any atom is -0.493 e. The Morgan fingerprint density at radius 2 is 1.96 bits per heavy atom. The van der Waals surface area contributed by atoms with Gasteiger partial charge >= 0.3 is 0 Å². The molecule has 1 saturated carbocycles. The lowest BCUT2D eigenvalue weighted by molar-refractivity contribution is -0.123. The molecular formula is C21H26INO4S. The summed E-state index contributed by atoms with van der Waals surface area (Å²) in [6, 6.07) is 3.78. The van der Waals surface area contributed by atoms with Crippen LogP contribution in [-0.4, -0.2) is 35.8 Å². The highest BCUT2D eigenvalue weighted by atomic mass is 127. The molecule has 0 unspecified atom stereocenters. The lowest BCUT2D eigenvalue weighted by atomic mass is 9.89. The average Bonchev–Trinajstić information content (AvgIpc) is 2.91. The van der Waals surface area contributed by atoms with Crippen LogP contribution in [0.25, 0.3) is 6.08 Å². The van der Waals surface area contributed by atoms with Crippen molar-refractivity contribution >= 4 is 51.6 Å². The summed E-state index contributed by atoms with van der Waals surface area (Å²) < 4.78 is 12.2. The lowest BCUT2D eigenvalue weighted by Gasteiger charge is -2.25. The van der Waals surface area contributed by atoms with Gasteiger partial charge in [-0.05, 0) is 90.7 Å². The Balaban J connectivity index is 1.80. The van der Waals surface area contributed by atoms with Crippen molar-refractivity contribution in [3.05, 3.63) is 26.2 Å². The first-order valence-electron chi connectivity index (χ1n) is 9.68. The SMILES string of the molecule is COc1cc(/C=C2/SC(=O)N(CC3CCCCC3)C2=O)cc(I)c1OC(C)C. The number of hydrogen-bond acceptors (Lipinski definition) is 5. The van der Waals surface area contributed by atoms with E-state index < -0.39 is 0 Å². The molecule has 2 aliphatic rings. The number of ether oxygens (including phenoxy) is 2. The molecule has 152 valence electrons. The second kappa shape index (κ2) is 9.52. The van der Waals surface area contributed by atoms with Crippen LogP contribution in [0.3, 0.4) is 0 Å². The molecule has 1 aromatic rings. The van der Waals surface area contributed by atoms with E-state index in [2.05, 4.69) is 22.6 Å². The Kier molecular flexibility index (Phi) is 7.31. The monoisotopic (exact) mass is 515 g/mol. The van der Waals surface area contributed by atoms with Crippen molar-refractivity contribution in [3.8, 4) is 11.5 Å². The topological polar surface area (TPSA) is 55.8 Å². The molecular weight excluding hydrogens is 489 g/mol.